The van der Waals surface area contributed by atoms with E-state index in [1.54, 1.807) is 42.5 Å². The molecule has 3 aromatic rings. The first-order valence-corrected chi connectivity index (χ1v) is 10.0. The van der Waals surface area contributed by atoms with Crippen molar-refractivity contribution in [2.45, 2.75) is 37.9 Å². The maximum absolute atomic E-state index is 11.9. The molecule has 0 spiro atoms. The molecule has 0 fully saturated rings. The number of aliphatic hydroxyl groups is 1. The first kappa shape index (κ1) is 20.9. The lowest BCUT2D eigenvalue weighted by Gasteiger charge is -2.36. The minimum Gasteiger partial charge on any atom is -0.487 e. The lowest BCUT2D eigenvalue weighted by molar-refractivity contribution is -0.0721. The molecule has 2 unspecified atom stereocenters. The molecule has 8 heteroatoms. The standard InChI is InChI=1S/C20H20Cl3N3O2/c1-2-3-18(28-15-7-4-13(21)5-8-15)20(27,11-19-24-12-25-26-19)16-9-6-14(22)10-17(16)23/h4-10,12,18,27H,2-3,11H2,1H3,(H,24,25,26). The molecule has 0 saturated carbocycles. The van der Waals surface area contributed by atoms with Crippen LogP contribution in [-0.4, -0.2) is 26.4 Å². The number of hydrogen-bond donors (Lipinski definition) is 2. The van der Waals surface area contributed by atoms with Crippen molar-refractivity contribution in [2.75, 3.05) is 0 Å². The molecule has 2 aromatic carbocycles. The molecule has 3 rings (SSSR count). The van der Waals surface area contributed by atoms with Crippen LogP contribution in [-0.2, 0) is 12.0 Å². The summed E-state index contributed by atoms with van der Waals surface area (Å²) in [5.74, 6) is 1.05. The summed E-state index contributed by atoms with van der Waals surface area (Å²) in [5, 5.41) is 20.1. The zero-order chi connectivity index (χ0) is 20.1. The second kappa shape index (κ2) is 9.14. The fourth-order valence-electron chi connectivity index (χ4n) is 3.12. The van der Waals surface area contributed by atoms with Gasteiger partial charge in [0.25, 0.3) is 0 Å². The Labute approximate surface area is 178 Å². The van der Waals surface area contributed by atoms with Crippen LogP contribution in [0.1, 0.15) is 31.2 Å². The predicted molar refractivity (Wildman–Crippen MR) is 111 cm³/mol. The zero-order valence-electron chi connectivity index (χ0n) is 15.2. The van der Waals surface area contributed by atoms with E-state index in [-0.39, 0.29) is 6.42 Å². The Morgan fingerprint density at radius 1 is 1.11 bits per heavy atom. The molecule has 28 heavy (non-hydrogen) atoms. The van der Waals surface area contributed by atoms with Gasteiger partial charge in [0.2, 0.25) is 0 Å². The number of aromatic amines is 1. The topological polar surface area (TPSA) is 71.0 Å². The smallest absolute Gasteiger partial charge is 0.153 e. The van der Waals surface area contributed by atoms with Crippen molar-refractivity contribution in [2.24, 2.45) is 0 Å². The van der Waals surface area contributed by atoms with Gasteiger partial charge in [0, 0.05) is 27.1 Å². The monoisotopic (exact) mass is 439 g/mol. The van der Waals surface area contributed by atoms with Crippen molar-refractivity contribution in [3.63, 3.8) is 0 Å². The highest BCUT2D eigenvalue weighted by Gasteiger charge is 2.42. The molecular weight excluding hydrogens is 421 g/mol. The quantitative estimate of drug-likeness (QED) is 0.489. The van der Waals surface area contributed by atoms with Crippen molar-refractivity contribution in [1.82, 2.24) is 15.2 Å². The van der Waals surface area contributed by atoms with Gasteiger partial charge in [0.15, 0.2) is 5.82 Å². The van der Waals surface area contributed by atoms with Crippen LogP contribution in [0.25, 0.3) is 0 Å². The molecule has 2 N–H and O–H groups in total. The second-order valence-electron chi connectivity index (χ2n) is 6.49. The van der Waals surface area contributed by atoms with Gasteiger partial charge in [0.05, 0.1) is 0 Å². The Morgan fingerprint density at radius 3 is 2.43 bits per heavy atom. The molecule has 2 atom stereocenters. The van der Waals surface area contributed by atoms with Gasteiger partial charge in [-0.2, -0.15) is 5.10 Å². The number of rotatable bonds is 8. The lowest BCUT2D eigenvalue weighted by Crippen LogP contribution is -2.45. The van der Waals surface area contributed by atoms with E-state index in [1.807, 2.05) is 6.92 Å². The summed E-state index contributed by atoms with van der Waals surface area (Å²) in [7, 11) is 0. The summed E-state index contributed by atoms with van der Waals surface area (Å²) in [6, 6.07) is 12.0. The van der Waals surface area contributed by atoms with E-state index in [1.165, 1.54) is 6.33 Å². The highest BCUT2D eigenvalue weighted by atomic mass is 35.5. The van der Waals surface area contributed by atoms with Crippen LogP contribution >= 0.6 is 34.8 Å². The van der Waals surface area contributed by atoms with Crippen molar-refractivity contribution < 1.29 is 9.84 Å². The van der Waals surface area contributed by atoms with Crippen LogP contribution in [0.5, 0.6) is 5.75 Å². The van der Waals surface area contributed by atoms with E-state index in [2.05, 4.69) is 15.2 Å². The molecule has 1 aromatic heterocycles. The van der Waals surface area contributed by atoms with Crippen LogP contribution < -0.4 is 4.74 Å². The number of halogens is 3. The highest BCUT2D eigenvalue weighted by Crippen LogP contribution is 2.38. The number of hydrogen-bond acceptors (Lipinski definition) is 4. The zero-order valence-corrected chi connectivity index (χ0v) is 17.5. The third-order valence-electron chi connectivity index (χ3n) is 4.47. The number of benzene rings is 2. The van der Waals surface area contributed by atoms with Crippen molar-refractivity contribution in [3.8, 4) is 5.75 Å². The summed E-state index contributed by atoms with van der Waals surface area (Å²) < 4.78 is 6.20. The molecule has 0 radical (unpaired) electrons. The summed E-state index contributed by atoms with van der Waals surface area (Å²) in [6.45, 7) is 2.02. The average molecular weight is 441 g/mol. The van der Waals surface area contributed by atoms with E-state index in [0.717, 1.165) is 6.42 Å². The van der Waals surface area contributed by atoms with Crippen LogP contribution in [0, 0.1) is 0 Å². The minimum atomic E-state index is -1.47. The summed E-state index contributed by atoms with van der Waals surface area (Å²) >= 11 is 18.5. The average Bonchev–Trinajstić information content (AvgIpc) is 3.15. The van der Waals surface area contributed by atoms with Gasteiger partial charge in [-0.3, -0.25) is 5.10 Å². The van der Waals surface area contributed by atoms with Crippen LogP contribution in [0.15, 0.2) is 48.8 Å². The second-order valence-corrected chi connectivity index (χ2v) is 7.77. The van der Waals surface area contributed by atoms with Crippen LogP contribution in [0.2, 0.25) is 15.1 Å². The predicted octanol–water partition coefficient (Wildman–Crippen LogP) is 5.44. The molecule has 0 amide bonds. The van der Waals surface area contributed by atoms with Gasteiger partial charge in [-0.25, -0.2) is 4.98 Å². The van der Waals surface area contributed by atoms with Gasteiger partial charge in [0.1, 0.15) is 23.8 Å². The SMILES string of the molecule is CCCC(Oc1ccc(Cl)cc1)C(O)(Cc1nc[nH]n1)c1ccc(Cl)cc1Cl. The largest absolute Gasteiger partial charge is 0.487 e. The molecule has 0 aliphatic rings. The number of ether oxygens (including phenoxy) is 1. The Bertz CT molecular complexity index is 904. The third kappa shape index (κ3) is 4.78. The molecule has 148 valence electrons. The van der Waals surface area contributed by atoms with Gasteiger partial charge in [-0.15, -0.1) is 0 Å². The number of nitrogens with one attached hydrogen (secondary N) is 1. The fraction of sp³-hybridized carbons (Fsp3) is 0.300. The maximum Gasteiger partial charge on any atom is 0.153 e. The first-order valence-electron chi connectivity index (χ1n) is 8.87. The third-order valence-corrected chi connectivity index (χ3v) is 5.27. The van der Waals surface area contributed by atoms with E-state index >= 15 is 0 Å². The van der Waals surface area contributed by atoms with Crippen molar-refractivity contribution >= 4 is 34.8 Å². The summed E-state index contributed by atoms with van der Waals surface area (Å²) in [4.78, 5) is 4.17. The van der Waals surface area contributed by atoms with Crippen molar-refractivity contribution in [3.05, 3.63) is 75.2 Å². The normalized spacial score (nSPS) is 14.5. The van der Waals surface area contributed by atoms with E-state index in [4.69, 9.17) is 39.5 Å². The Balaban J connectivity index is 2.04. The minimum absolute atomic E-state index is 0.121. The molecule has 0 bridgehead atoms. The van der Waals surface area contributed by atoms with Gasteiger partial charge >= 0.3 is 0 Å². The lowest BCUT2D eigenvalue weighted by atomic mass is 9.82. The van der Waals surface area contributed by atoms with Crippen molar-refractivity contribution in [1.29, 1.82) is 0 Å². The molecule has 0 aliphatic carbocycles. The van der Waals surface area contributed by atoms with Crippen LogP contribution in [0.3, 0.4) is 0 Å². The number of aromatic nitrogens is 3. The maximum atomic E-state index is 11.9. The molecule has 0 aliphatic heterocycles. The number of H-pyrrole nitrogens is 1. The highest BCUT2D eigenvalue weighted by molar-refractivity contribution is 6.35. The van der Waals surface area contributed by atoms with E-state index in [9.17, 15) is 5.11 Å². The van der Waals surface area contributed by atoms with E-state index < -0.39 is 11.7 Å². The molecular formula is C20H20Cl3N3O2. The fourth-order valence-corrected chi connectivity index (χ4v) is 3.82. The Morgan fingerprint density at radius 2 is 1.82 bits per heavy atom. The van der Waals surface area contributed by atoms with Gasteiger partial charge in [-0.1, -0.05) is 54.2 Å². The Hall–Kier alpha value is -1.79. The summed E-state index contributed by atoms with van der Waals surface area (Å²) in [6.07, 6.45) is 2.36. The molecule has 0 saturated heterocycles. The Kier molecular flexibility index (Phi) is 6.83. The van der Waals surface area contributed by atoms with Gasteiger partial charge < -0.3 is 9.84 Å². The molecule has 5 nitrogen and oxygen atoms in total. The van der Waals surface area contributed by atoms with Crippen LogP contribution in [0.4, 0.5) is 0 Å². The summed E-state index contributed by atoms with van der Waals surface area (Å²) in [5.41, 5.74) is -0.963. The first-order chi connectivity index (χ1) is 13.4. The molecule has 1 heterocycles. The number of nitrogens with zero attached hydrogens (tertiary/aromatic N) is 2. The van der Waals surface area contributed by atoms with E-state index in [0.29, 0.717) is 38.6 Å². The van der Waals surface area contributed by atoms with Gasteiger partial charge in [-0.05, 0) is 42.8 Å².